The maximum Gasteiger partial charge on any atom is 0.286 e. The maximum atomic E-state index is 10.5. The summed E-state index contributed by atoms with van der Waals surface area (Å²) >= 11 is 7.73. The van der Waals surface area contributed by atoms with Gasteiger partial charge in [0.2, 0.25) is 0 Å². The van der Waals surface area contributed by atoms with Crippen molar-refractivity contribution in [2.45, 2.75) is 4.90 Å². The Balaban J connectivity index is 3.39. The fraction of sp³-hybridized carbons (Fsp3) is 0. The molecule has 0 saturated heterocycles. The van der Waals surface area contributed by atoms with Gasteiger partial charge in [0.25, 0.3) is 5.69 Å². The second-order valence-corrected chi connectivity index (χ2v) is 2.87. The molecule has 0 unspecified atom stereocenters. The standard InChI is InChI=1S/C8H5NO2S2/c10-9(11)7-2-1-3-8(13)6(7)4-5-12/h1-3,12-13H. The molecule has 0 spiro atoms. The number of benzene rings is 1. The van der Waals surface area contributed by atoms with Crippen LogP contribution in [0.1, 0.15) is 5.56 Å². The Bertz CT molecular complexity index is 406. The van der Waals surface area contributed by atoms with Crippen LogP contribution < -0.4 is 0 Å². The summed E-state index contributed by atoms with van der Waals surface area (Å²) in [4.78, 5) is 10.5. The average Bonchev–Trinajstić information content (AvgIpc) is 2.08. The molecule has 0 saturated carbocycles. The summed E-state index contributed by atoms with van der Waals surface area (Å²) in [5, 5.41) is 12.8. The van der Waals surface area contributed by atoms with Crippen LogP contribution in [0.15, 0.2) is 23.1 Å². The molecule has 13 heavy (non-hydrogen) atoms. The highest BCUT2D eigenvalue weighted by Crippen LogP contribution is 2.23. The van der Waals surface area contributed by atoms with Gasteiger partial charge in [-0.25, -0.2) is 0 Å². The van der Waals surface area contributed by atoms with Crippen molar-refractivity contribution in [1.82, 2.24) is 0 Å². The second-order valence-electron chi connectivity index (χ2n) is 2.17. The van der Waals surface area contributed by atoms with E-state index in [2.05, 4.69) is 36.4 Å². The fourth-order valence-electron chi connectivity index (χ4n) is 0.864. The lowest BCUT2D eigenvalue weighted by atomic mass is 10.2. The zero-order valence-electron chi connectivity index (χ0n) is 6.39. The van der Waals surface area contributed by atoms with E-state index in [1.807, 2.05) is 0 Å². The number of hydrogen-bond donors (Lipinski definition) is 2. The Kier molecular flexibility index (Phi) is 3.23. The van der Waals surface area contributed by atoms with Crippen LogP contribution in [0, 0.1) is 21.3 Å². The molecule has 0 radical (unpaired) electrons. The summed E-state index contributed by atoms with van der Waals surface area (Å²) in [6, 6.07) is 4.58. The molecule has 1 aromatic carbocycles. The van der Waals surface area contributed by atoms with Gasteiger partial charge in [0.1, 0.15) is 5.56 Å². The predicted octanol–water partition coefficient (Wildman–Crippen LogP) is 2.12. The third kappa shape index (κ3) is 2.17. The molecule has 0 aliphatic carbocycles. The van der Waals surface area contributed by atoms with E-state index >= 15 is 0 Å². The number of nitro benzene ring substituents is 1. The number of hydrogen-bond acceptors (Lipinski definition) is 4. The molecule has 66 valence electrons. The monoisotopic (exact) mass is 211 g/mol. The van der Waals surface area contributed by atoms with Crippen LogP contribution in [0.4, 0.5) is 5.69 Å². The van der Waals surface area contributed by atoms with E-state index in [1.54, 1.807) is 12.1 Å². The fourth-order valence-corrected chi connectivity index (χ4v) is 1.23. The summed E-state index contributed by atoms with van der Waals surface area (Å²) in [5.41, 5.74) is 0.250. The van der Waals surface area contributed by atoms with E-state index in [1.165, 1.54) is 6.07 Å². The molecule has 0 fully saturated rings. The smallest absolute Gasteiger partial charge is 0.258 e. The largest absolute Gasteiger partial charge is 0.286 e. The maximum absolute atomic E-state index is 10.5. The Hall–Kier alpha value is -1.12. The summed E-state index contributed by atoms with van der Waals surface area (Å²) < 4.78 is 0. The van der Waals surface area contributed by atoms with Gasteiger partial charge in [-0.1, -0.05) is 18.7 Å². The minimum atomic E-state index is -0.493. The van der Waals surface area contributed by atoms with Gasteiger partial charge in [-0.2, -0.15) is 0 Å². The van der Waals surface area contributed by atoms with E-state index in [9.17, 15) is 10.1 Å². The molecular formula is C8H5NO2S2. The zero-order valence-corrected chi connectivity index (χ0v) is 8.18. The molecular weight excluding hydrogens is 206 g/mol. The van der Waals surface area contributed by atoms with Crippen LogP contribution in [-0.4, -0.2) is 4.92 Å². The molecule has 0 amide bonds. The van der Waals surface area contributed by atoms with Crippen LogP contribution in [0.25, 0.3) is 0 Å². The van der Waals surface area contributed by atoms with Crippen LogP contribution in [0.2, 0.25) is 0 Å². The minimum Gasteiger partial charge on any atom is -0.258 e. The molecule has 0 heterocycles. The Labute approximate surface area is 86.1 Å². The van der Waals surface area contributed by atoms with Crippen molar-refractivity contribution in [2.24, 2.45) is 0 Å². The first-order chi connectivity index (χ1) is 6.16. The highest BCUT2D eigenvalue weighted by molar-refractivity contribution is 7.85. The first kappa shape index (κ1) is 9.96. The average molecular weight is 211 g/mol. The molecule has 1 rings (SSSR count). The van der Waals surface area contributed by atoms with Crippen molar-refractivity contribution in [1.29, 1.82) is 0 Å². The molecule has 0 N–H and O–H groups in total. The molecule has 3 nitrogen and oxygen atoms in total. The van der Waals surface area contributed by atoms with Crippen molar-refractivity contribution < 1.29 is 4.92 Å². The Morgan fingerprint density at radius 2 is 2.15 bits per heavy atom. The number of rotatable bonds is 1. The van der Waals surface area contributed by atoms with Gasteiger partial charge in [0, 0.05) is 11.0 Å². The van der Waals surface area contributed by atoms with Gasteiger partial charge in [-0.05, 0) is 17.2 Å². The van der Waals surface area contributed by atoms with Gasteiger partial charge in [0.15, 0.2) is 0 Å². The SMILES string of the molecule is O=[N+]([O-])c1cccc(S)c1C#CS. The van der Waals surface area contributed by atoms with Gasteiger partial charge in [0.05, 0.1) is 4.92 Å². The Morgan fingerprint density at radius 1 is 1.46 bits per heavy atom. The third-order valence-electron chi connectivity index (χ3n) is 1.40. The van der Waals surface area contributed by atoms with Crippen molar-refractivity contribution in [3.8, 4) is 11.2 Å². The zero-order chi connectivity index (χ0) is 9.84. The third-order valence-corrected chi connectivity index (χ3v) is 1.88. The van der Waals surface area contributed by atoms with Crippen LogP contribution >= 0.6 is 25.3 Å². The topological polar surface area (TPSA) is 43.1 Å². The predicted molar refractivity (Wildman–Crippen MR) is 56.2 cm³/mol. The number of thiol groups is 2. The Morgan fingerprint density at radius 3 is 2.69 bits per heavy atom. The molecule has 0 aliphatic heterocycles. The normalized spacial score (nSPS) is 8.77. The van der Waals surface area contributed by atoms with Crippen molar-refractivity contribution in [2.75, 3.05) is 0 Å². The summed E-state index contributed by atoms with van der Waals surface area (Å²) in [7, 11) is 0. The van der Waals surface area contributed by atoms with Gasteiger partial charge in [-0.15, -0.1) is 12.6 Å². The van der Waals surface area contributed by atoms with Crippen molar-refractivity contribution in [3.63, 3.8) is 0 Å². The van der Waals surface area contributed by atoms with Crippen LogP contribution in [-0.2, 0) is 0 Å². The lowest BCUT2D eigenvalue weighted by Crippen LogP contribution is -1.92. The number of nitro groups is 1. The van der Waals surface area contributed by atoms with E-state index in [-0.39, 0.29) is 5.69 Å². The van der Waals surface area contributed by atoms with Crippen molar-refractivity contribution >= 4 is 30.9 Å². The number of nitrogens with zero attached hydrogens (tertiary/aromatic N) is 1. The lowest BCUT2D eigenvalue weighted by molar-refractivity contribution is -0.385. The highest BCUT2D eigenvalue weighted by Gasteiger charge is 2.13. The quantitative estimate of drug-likeness (QED) is 0.323. The van der Waals surface area contributed by atoms with E-state index in [4.69, 9.17) is 0 Å². The molecule has 0 bridgehead atoms. The van der Waals surface area contributed by atoms with E-state index in [0.717, 1.165) is 0 Å². The highest BCUT2D eigenvalue weighted by atomic mass is 32.1. The van der Waals surface area contributed by atoms with Gasteiger partial charge < -0.3 is 0 Å². The molecule has 0 aromatic heterocycles. The second kappa shape index (κ2) is 4.21. The molecule has 5 heteroatoms. The van der Waals surface area contributed by atoms with Gasteiger partial charge >= 0.3 is 0 Å². The lowest BCUT2D eigenvalue weighted by Gasteiger charge is -1.97. The minimum absolute atomic E-state index is 0.0472. The molecule has 1 aromatic rings. The van der Waals surface area contributed by atoms with Gasteiger partial charge in [-0.3, -0.25) is 10.1 Å². The van der Waals surface area contributed by atoms with E-state index < -0.39 is 4.92 Å². The molecule has 0 aliphatic rings. The van der Waals surface area contributed by atoms with E-state index in [0.29, 0.717) is 10.5 Å². The summed E-state index contributed by atoms with van der Waals surface area (Å²) in [6.45, 7) is 0. The first-order valence-electron chi connectivity index (χ1n) is 3.28. The van der Waals surface area contributed by atoms with Crippen LogP contribution in [0.5, 0.6) is 0 Å². The van der Waals surface area contributed by atoms with Crippen LogP contribution in [0.3, 0.4) is 0 Å². The summed E-state index contributed by atoms with van der Waals surface area (Å²) in [6.07, 6.45) is 0. The van der Waals surface area contributed by atoms with Crippen molar-refractivity contribution in [3.05, 3.63) is 33.9 Å². The summed E-state index contributed by atoms with van der Waals surface area (Å²) in [5.74, 6) is 2.52. The molecule has 0 atom stereocenters. The first-order valence-corrected chi connectivity index (χ1v) is 4.17.